The molecule has 3 aliphatic rings. The van der Waals surface area contributed by atoms with Gasteiger partial charge in [-0.15, -0.1) is 0 Å². The van der Waals surface area contributed by atoms with Crippen LogP contribution in [0, 0.1) is 16.7 Å². The molecule has 2 unspecified atom stereocenters. The Bertz CT molecular complexity index is 772. The van der Waals surface area contributed by atoms with Crippen LogP contribution in [0.5, 0.6) is 0 Å². The fourth-order valence-electron chi connectivity index (χ4n) is 5.68. The second-order valence-electron chi connectivity index (χ2n) is 11.6. The highest BCUT2D eigenvalue weighted by atomic mass is 32.2. The number of aliphatic hydroxyl groups is 1. The number of rotatable bonds is 6. The Morgan fingerprint density at radius 3 is 2.48 bits per heavy atom. The predicted molar refractivity (Wildman–Crippen MR) is 116 cm³/mol. The Balaban J connectivity index is 1.63. The van der Waals surface area contributed by atoms with Crippen LogP contribution in [-0.2, 0) is 19.2 Å². The van der Waals surface area contributed by atoms with E-state index < -0.39 is 30.4 Å². The molecule has 4 atom stereocenters. The topological polar surface area (TPSA) is 83.9 Å². The maximum atomic E-state index is 13.0. The third-order valence-electron chi connectivity index (χ3n) is 8.79. The van der Waals surface area contributed by atoms with E-state index in [2.05, 4.69) is 47.7 Å². The normalized spacial score (nSPS) is 33.7. The molecule has 3 rings (SSSR count). The van der Waals surface area contributed by atoms with Crippen molar-refractivity contribution >= 4 is 24.2 Å². The summed E-state index contributed by atoms with van der Waals surface area (Å²) in [4.78, 5) is 13.0. The lowest BCUT2D eigenvalue weighted by Gasteiger charge is -2.37. The van der Waals surface area contributed by atoms with E-state index in [0.29, 0.717) is 18.9 Å². The minimum atomic E-state index is -3.62. The quantitative estimate of drug-likeness (QED) is 0.633. The molecule has 1 amide bonds. The molecule has 1 heterocycles. The van der Waals surface area contributed by atoms with Gasteiger partial charge in [-0.25, -0.2) is 12.7 Å². The summed E-state index contributed by atoms with van der Waals surface area (Å²) in [5.41, 5.74) is -0.377. The van der Waals surface area contributed by atoms with Gasteiger partial charge in [-0.2, -0.15) is 0 Å². The van der Waals surface area contributed by atoms with Crippen molar-refractivity contribution in [1.29, 1.82) is 0 Å². The highest BCUT2D eigenvalue weighted by molar-refractivity contribution is 7.90. The molecule has 0 aromatic carbocycles. The summed E-state index contributed by atoms with van der Waals surface area (Å²) in [5, 5.41) is 10.5. The van der Waals surface area contributed by atoms with Crippen LogP contribution in [0.2, 0.25) is 18.1 Å². The summed E-state index contributed by atoms with van der Waals surface area (Å²) in [6, 6.07) is -0.232. The van der Waals surface area contributed by atoms with Crippen molar-refractivity contribution in [3.05, 3.63) is 0 Å². The van der Waals surface area contributed by atoms with Gasteiger partial charge in [0.2, 0.25) is 15.9 Å². The molecule has 1 aliphatic heterocycles. The van der Waals surface area contributed by atoms with Crippen LogP contribution >= 0.6 is 0 Å². The first-order chi connectivity index (χ1) is 13.1. The zero-order valence-electron chi connectivity index (χ0n) is 19.1. The van der Waals surface area contributed by atoms with Crippen LogP contribution in [0.15, 0.2) is 0 Å². The van der Waals surface area contributed by atoms with Gasteiger partial charge >= 0.3 is 0 Å². The van der Waals surface area contributed by atoms with E-state index in [4.69, 9.17) is 4.43 Å². The van der Waals surface area contributed by atoms with Crippen molar-refractivity contribution in [3.8, 4) is 0 Å². The van der Waals surface area contributed by atoms with Gasteiger partial charge in [-0.05, 0) is 55.1 Å². The maximum absolute atomic E-state index is 13.0. The van der Waals surface area contributed by atoms with Crippen molar-refractivity contribution in [1.82, 2.24) is 4.31 Å². The average molecular weight is 446 g/mol. The molecule has 0 aromatic rings. The van der Waals surface area contributed by atoms with E-state index in [1.165, 1.54) is 0 Å². The van der Waals surface area contributed by atoms with E-state index >= 15 is 0 Å². The summed E-state index contributed by atoms with van der Waals surface area (Å²) in [6.45, 7) is 15.5. The predicted octanol–water partition coefficient (Wildman–Crippen LogP) is 3.52. The average Bonchev–Trinajstić information content (AvgIpc) is 3.00. The minimum absolute atomic E-state index is 0.0601. The number of hydrogen-bond donors (Lipinski definition) is 1. The van der Waals surface area contributed by atoms with Crippen LogP contribution in [-0.4, -0.2) is 56.6 Å². The van der Waals surface area contributed by atoms with E-state index in [-0.39, 0.29) is 34.1 Å². The third kappa shape index (κ3) is 3.62. The van der Waals surface area contributed by atoms with E-state index in [1.54, 1.807) is 0 Å². The zero-order valence-corrected chi connectivity index (χ0v) is 20.9. The Morgan fingerprint density at radius 2 is 1.93 bits per heavy atom. The fraction of sp³-hybridized carbons (Fsp3) is 0.952. The van der Waals surface area contributed by atoms with Crippen molar-refractivity contribution < 1.29 is 22.7 Å². The van der Waals surface area contributed by atoms with Gasteiger partial charge in [0.25, 0.3) is 0 Å². The van der Waals surface area contributed by atoms with Crippen LogP contribution < -0.4 is 0 Å². The van der Waals surface area contributed by atoms with Gasteiger partial charge in [0.15, 0.2) is 8.32 Å². The number of fused-ring (bicyclic) bond motifs is 1. The largest absolute Gasteiger partial charge is 0.417 e. The molecule has 2 bridgehead atoms. The molecule has 0 aromatic heterocycles. The minimum Gasteiger partial charge on any atom is -0.417 e. The van der Waals surface area contributed by atoms with Crippen LogP contribution in [0.4, 0.5) is 0 Å². The first-order valence-corrected chi connectivity index (χ1v) is 15.4. The van der Waals surface area contributed by atoms with Gasteiger partial charge in [-0.1, -0.05) is 34.6 Å². The number of hydrogen-bond acceptors (Lipinski definition) is 5. The summed E-state index contributed by atoms with van der Waals surface area (Å²) in [5.74, 6) is 0.0982. The van der Waals surface area contributed by atoms with Crippen LogP contribution in [0.25, 0.3) is 0 Å². The molecule has 6 nitrogen and oxygen atoms in total. The van der Waals surface area contributed by atoms with Gasteiger partial charge in [0.05, 0.1) is 24.3 Å². The Morgan fingerprint density at radius 1 is 1.31 bits per heavy atom. The molecule has 1 N–H and O–H groups in total. The lowest BCUT2D eigenvalue weighted by Crippen LogP contribution is -2.45. The summed E-state index contributed by atoms with van der Waals surface area (Å²) >= 11 is 0. The van der Waals surface area contributed by atoms with Crippen LogP contribution in [0.1, 0.15) is 66.7 Å². The number of carbonyl (C=O) groups is 1. The molecule has 168 valence electrons. The van der Waals surface area contributed by atoms with Gasteiger partial charge < -0.3 is 9.53 Å². The standard InChI is InChI=1S/C21H39NO5SSi/c1-19(2,3)29(6,7)27-11-9-16(23)13-18(24)22-17-12-15-8-10-21(17,20(15,4)5)14-28(22,25)26/h15-17,23H,8-14H2,1-7H3/t15?,16-,17?,21-/m1/s1. The van der Waals surface area contributed by atoms with Gasteiger partial charge in [-0.3, -0.25) is 4.79 Å². The van der Waals surface area contributed by atoms with E-state index in [9.17, 15) is 18.3 Å². The molecule has 2 saturated carbocycles. The fourth-order valence-corrected chi connectivity index (χ4v) is 9.30. The number of amides is 1. The van der Waals surface area contributed by atoms with Crippen molar-refractivity contribution in [2.24, 2.45) is 16.7 Å². The zero-order chi connectivity index (χ0) is 22.0. The van der Waals surface area contributed by atoms with Crippen molar-refractivity contribution in [2.45, 2.75) is 97.0 Å². The lowest BCUT2D eigenvalue weighted by atomic mass is 9.69. The Labute approximate surface area is 177 Å². The summed E-state index contributed by atoms with van der Waals surface area (Å²) in [6.07, 6.45) is 2.00. The maximum Gasteiger partial charge on any atom is 0.238 e. The summed E-state index contributed by atoms with van der Waals surface area (Å²) in [7, 11) is -5.53. The third-order valence-corrected chi connectivity index (χ3v) is 15.3. The number of aliphatic hydroxyl groups excluding tert-OH is 1. The number of nitrogens with zero attached hydrogens (tertiary/aromatic N) is 1. The number of carbonyl (C=O) groups excluding carboxylic acids is 1. The van der Waals surface area contributed by atoms with Gasteiger partial charge in [0.1, 0.15) is 0 Å². The van der Waals surface area contributed by atoms with E-state index in [0.717, 1.165) is 23.6 Å². The van der Waals surface area contributed by atoms with Crippen molar-refractivity contribution in [2.75, 3.05) is 12.4 Å². The second-order valence-corrected chi connectivity index (χ2v) is 18.2. The molecule has 3 fully saturated rings. The SMILES string of the molecule is CC1(C)C2CC[C@]13CS(=O)(=O)N(C(=O)C[C@H](O)CCO[Si](C)(C)C(C)(C)C)C3C2. The highest BCUT2D eigenvalue weighted by Gasteiger charge is 2.72. The van der Waals surface area contributed by atoms with Crippen LogP contribution in [0.3, 0.4) is 0 Å². The Kier molecular flexibility index (Phi) is 5.63. The smallest absolute Gasteiger partial charge is 0.238 e. The van der Waals surface area contributed by atoms with Crippen molar-refractivity contribution in [3.63, 3.8) is 0 Å². The lowest BCUT2D eigenvalue weighted by molar-refractivity contribution is -0.131. The molecular weight excluding hydrogens is 406 g/mol. The molecule has 0 radical (unpaired) electrons. The summed E-state index contributed by atoms with van der Waals surface area (Å²) < 4.78 is 33.1. The molecule has 8 heteroatoms. The first kappa shape index (κ1) is 23.2. The molecule has 2 aliphatic carbocycles. The number of sulfonamides is 1. The highest BCUT2D eigenvalue weighted by Crippen LogP contribution is 2.70. The van der Waals surface area contributed by atoms with E-state index in [1.807, 2.05) is 0 Å². The molecular formula is C21H39NO5SSi. The first-order valence-electron chi connectivity index (χ1n) is 10.9. The molecule has 1 spiro atoms. The Hall–Kier alpha value is -0.443. The van der Waals surface area contributed by atoms with Gasteiger partial charge in [0, 0.05) is 12.0 Å². The second kappa shape index (κ2) is 7.04. The monoisotopic (exact) mass is 445 g/mol. The molecule has 29 heavy (non-hydrogen) atoms. The molecule has 1 saturated heterocycles.